The number of aryl methyl sites for hydroxylation is 1. The van der Waals surface area contributed by atoms with Crippen LogP contribution >= 0.6 is 11.6 Å². The Bertz CT molecular complexity index is 1380. The minimum Gasteiger partial charge on any atom is -0.354 e. The highest BCUT2D eigenvalue weighted by Crippen LogP contribution is 2.31. The number of nitrogens with one attached hydrogen (secondary N) is 2. The Morgan fingerprint density at radius 2 is 1.87 bits per heavy atom. The lowest BCUT2D eigenvalue weighted by atomic mass is 10.1. The molecule has 5 nitrogen and oxygen atoms in total. The van der Waals surface area contributed by atoms with Gasteiger partial charge < -0.3 is 10.6 Å². The van der Waals surface area contributed by atoms with Gasteiger partial charge in [0.2, 0.25) is 0 Å². The van der Waals surface area contributed by atoms with Crippen LogP contribution in [0.25, 0.3) is 10.9 Å². The average molecular weight is 458 g/mol. The average Bonchev–Trinajstić information content (AvgIpc) is 3.09. The van der Waals surface area contributed by atoms with Crippen molar-refractivity contribution < 1.29 is 12.8 Å². The standard InChI is InChI=1S/C23H21ClFN3O2S/c1-15-6-9-22(21(24)10-15)27-18-7-8-20-16(13-26-2)14-28(23(20)12-18)31(29,30)19-5-3-4-17(25)11-19/h3-12,14,26-27H,13H2,1-2H3. The Hall–Kier alpha value is -2.87. The number of benzene rings is 3. The third kappa shape index (κ3) is 4.17. The summed E-state index contributed by atoms with van der Waals surface area (Å²) in [6, 6.07) is 16.2. The Morgan fingerprint density at radius 1 is 1.06 bits per heavy atom. The lowest BCUT2D eigenvalue weighted by molar-refractivity contribution is 0.584. The molecule has 0 spiro atoms. The molecule has 4 aromatic rings. The number of nitrogens with zero attached hydrogens (tertiary/aromatic N) is 1. The molecule has 0 amide bonds. The molecule has 2 N–H and O–H groups in total. The van der Waals surface area contributed by atoms with Crippen LogP contribution in [0, 0.1) is 12.7 Å². The summed E-state index contributed by atoms with van der Waals surface area (Å²) in [6.45, 7) is 2.44. The molecule has 0 aliphatic heterocycles. The Labute approximate surface area is 185 Å². The second-order valence-electron chi connectivity index (χ2n) is 7.28. The minimum atomic E-state index is -3.99. The number of rotatable bonds is 6. The molecule has 0 fully saturated rings. The second kappa shape index (κ2) is 8.34. The maximum atomic E-state index is 13.7. The number of hydrogen-bond donors (Lipinski definition) is 2. The molecule has 1 aromatic heterocycles. The smallest absolute Gasteiger partial charge is 0.268 e. The van der Waals surface area contributed by atoms with Crippen molar-refractivity contribution in [3.05, 3.63) is 88.8 Å². The van der Waals surface area contributed by atoms with E-state index in [2.05, 4.69) is 10.6 Å². The molecule has 0 radical (unpaired) electrons. The maximum absolute atomic E-state index is 13.7. The van der Waals surface area contributed by atoms with E-state index >= 15 is 0 Å². The normalized spacial score (nSPS) is 11.7. The van der Waals surface area contributed by atoms with E-state index in [-0.39, 0.29) is 4.90 Å². The first-order valence-electron chi connectivity index (χ1n) is 9.62. The highest BCUT2D eigenvalue weighted by atomic mass is 35.5. The molecule has 0 saturated carbocycles. The molecular weight excluding hydrogens is 437 g/mol. The van der Waals surface area contributed by atoms with E-state index in [1.807, 2.05) is 37.3 Å². The van der Waals surface area contributed by atoms with E-state index in [9.17, 15) is 12.8 Å². The molecule has 3 aromatic carbocycles. The van der Waals surface area contributed by atoms with E-state index in [0.717, 1.165) is 22.6 Å². The summed E-state index contributed by atoms with van der Waals surface area (Å²) in [5.41, 5.74) is 3.74. The van der Waals surface area contributed by atoms with E-state index in [4.69, 9.17) is 11.6 Å². The summed E-state index contributed by atoms with van der Waals surface area (Å²) in [6.07, 6.45) is 1.57. The fourth-order valence-electron chi connectivity index (χ4n) is 3.49. The van der Waals surface area contributed by atoms with Crippen LogP contribution in [0.5, 0.6) is 0 Å². The molecule has 0 bridgehead atoms. The van der Waals surface area contributed by atoms with Crippen molar-refractivity contribution in [3.8, 4) is 0 Å². The maximum Gasteiger partial charge on any atom is 0.268 e. The fourth-order valence-corrected chi connectivity index (χ4v) is 5.19. The number of aromatic nitrogens is 1. The van der Waals surface area contributed by atoms with E-state index in [0.29, 0.717) is 28.5 Å². The quantitative estimate of drug-likeness (QED) is 0.404. The predicted octanol–water partition coefficient (Wildman–Crippen LogP) is 5.44. The zero-order valence-corrected chi connectivity index (χ0v) is 18.6. The predicted molar refractivity (Wildman–Crippen MR) is 123 cm³/mol. The van der Waals surface area contributed by atoms with Crippen molar-refractivity contribution in [2.45, 2.75) is 18.4 Å². The van der Waals surface area contributed by atoms with Gasteiger partial charge in [0.05, 0.1) is 21.1 Å². The molecule has 4 rings (SSSR count). The second-order valence-corrected chi connectivity index (χ2v) is 9.51. The molecular formula is C23H21ClFN3O2S. The van der Waals surface area contributed by atoms with Crippen LogP contribution in [-0.2, 0) is 16.6 Å². The fraction of sp³-hybridized carbons (Fsp3) is 0.130. The third-order valence-corrected chi connectivity index (χ3v) is 6.96. The van der Waals surface area contributed by atoms with E-state index in [1.54, 1.807) is 19.3 Å². The lowest BCUT2D eigenvalue weighted by Crippen LogP contribution is -2.12. The zero-order chi connectivity index (χ0) is 22.2. The largest absolute Gasteiger partial charge is 0.354 e. The van der Waals surface area contributed by atoms with Crippen molar-refractivity contribution in [1.82, 2.24) is 9.29 Å². The van der Waals surface area contributed by atoms with Crippen LogP contribution in [0.3, 0.4) is 0 Å². The van der Waals surface area contributed by atoms with Gasteiger partial charge in [0, 0.05) is 23.8 Å². The van der Waals surface area contributed by atoms with Gasteiger partial charge in [-0.1, -0.05) is 29.8 Å². The van der Waals surface area contributed by atoms with E-state index in [1.165, 1.54) is 22.2 Å². The van der Waals surface area contributed by atoms with Crippen molar-refractivity contribution in [2.75, 3.05) is 12.4 Å². The van der Waals surface area contributed by atoms with Crippen molar-refractivity contribution in [3.63, 3.8) is 0 Å². The molecule has 0 aliphatic rings. The van der Waals surface area contributed by atoms with Gasteiger partial charge in [0.15, 0.2) is 0 Å². The van der Waals surface area contributed by atoms with Gasteiger partial charge in [-0.2, -0.15) is 0 Å². The van der Waals surface area contributed by atoms with Crippen LogP contribution in [-0.4, -0.2) is 19.4 Å². The summed E-state index contributed by atoms with van der Waals surface area (Å²) < 4.78 is 41.5. The van der Waals surface area contributed by atoms with Crippen LogP contribution in [0.2, 0.25) is 5.02 Å². The van der Waals surface area contributed by atoms with Crippen LogP contribution in [0.15, 0.2) is 71.8 Å². The molecule has 0 unspecified atom stereocenters. The number of halogens is 2. The van der Waals surface area contributed by atoms with Crippen molar-refractivity contribution in [1.29, 1.82) is 0 Å². The van der Waals surface area contributed by atoms with Gasteiger partial charge in [-0.15, -0.1) is 0 Å². The molecule has 0 aliphatic carbocycles. The highest BCUT2D eigenvalue weighted by Gasteiger charge is 2.22. The van der Waals surface area contributed by atoms with Crippen molar-refractivity contribution >= 4 is 43.9 Å². The number of fused-ring (bicyclic) bond motifs is 1. The minimum absolute atomic E-state index is 0.111. The highest BCUT2D eigenvalue weighted by molar-refractivity contribution is 7.90. The first-order valence-corrected chi connectivity index (χ1v) is 11.4. The van der Waals surface area contributed by atoms with Gasteiger partial charge in [-0.25, -0.2) is 16.8 Å². The summed E-state index contributed by atoms with van der Waals surface area (Å²) in [5.74, 6) is -0.607. The molecule has 160 valence electrons. The Kier molecular flexibility index (Phi) is 5.75. The monoisotopic (exact) mass is 457 g/mol. The van der Waals surface area contributed by atoms with Crippen LogP contribution in [0.1, 0.15) is 11.1 Å². The summed E-state index contributed by atoms with van der Waals surface area (Å²) >= 11 is 6.33. The van der Waals surface area contributed by atoms with Crippen LogP contribution < -0.4 is 10.6 Å². The first-order chi connectivity index (χ1) is 14.8. The molecule has 1 heterocycles. The van der Waals surface area contributed by atoms with Gasteiger partial charge in [0.1, 0.15) is 5.82 Å². The topological polar surface area (TPSA) is 63.1 Å². The summed E-state index contributed by atoms with van der Waals surface area (Å²) in [7, 11) is -2.20. The van der Waals surface area contributed by atoms with Gasteiger partial charge in [0.25, 0.3) is 10.0 Å². The van der Waals surface area contributed by atoms with Gasteiger partial charge in [-0.3, -0.25) is 0 Å². The third-order valence-electron chi connectivity index (χ3n) is 4.98. The summed E-state index contributed by atoms with van der Waals surface area (Å²) in [4.78, 5) is -0.111. The Morgan fingerprint density at radius 3 is 2.58 bits per heavy atom. The molecule has 0 saturated heterocycles. The Balaban J connectivity index is 1.85. The van der Waals surface area contributed by atoms with Crippen LogP contribution in [0.4, 0.5) is 15.8 Å². The summed E-state index contributed by atoms with van der Waals surface area (Å²) in [5, 5.41) is 7.66. The molecule has 0 atom stereocenters. The molecule has 8 heteroatoms. The molecule has 31 heavy (non-hydrogen) atoms. The first kappa shape index (κ1) is 21.4. The van der Waals surface area contributed by atoms with Gasteiger partial charge >= 0.3 is 0 Å². The SMILES string of the molecule is CNCc1cn(S(=O)(=O)c2cccc(F)c2)c2cc(Nc3ccc(C)cc3Cl)ccc12. The van der Waals surface area contributed by atoms with E-state index < -0.39 is 15.8 Å². The zero-order valence-electron chi connectivity index (χ0n) is 17.0. The number of anilines is 2. The van der Waals surface area contributed by atoms with Crippen molar-refractivity contribution in [2.24, 2.45) is 0 Å². The lowest BCUT2D eigenvalue weighted by Gasteiger charge is -2.11. The van der Waals surface area contributed by atoms with Gasteiger partial charge in [-0.05, 0) is 67.6 Å². The number of hydrogen-bond acceptors (Lipinski definition) is 4.